The number of benzene rings is 2. The predicted molar refractivity (Wildman–Crippen MR) is 78.3 cm³/mol. The van der Waals surface area contributed by atoms with E-state index in [9.17, 15) is 0 Å². The highest BCUT2D eigenvalue weighted by Gasteiger charge is 2.07. The molecule has 0 bridgehead atoms. The Morgan fingerprint density at radius 3 is 2.56 bits per heavy atom. The van der Waals surface area contributed by atoms with Gasteiger partial charge in [0.2, 0.25) is 0 Å². The first-order valence-electron chi connectivity index (χ1n) is 5.55. The number of rotatable bonds is 3. The molecule has 0 heterocycles. The van der Waals surface area contributed by atoms with E-state index in [1.807, 2.05) is 43.3 Å². The van der Waals surface area contributed by atoms with E-state index in [2.05, 4.69) is 15.9 Å². The lowest BCUT2D eigenvalue weighted by Gasteiger charge is -2.11. The van der Waals surface area contributed by atoms with Crippen molar-refractivity contribution in [2.24, 2.45) is 5.73 Å². The van der Waals surface area contributed by atoms with Gasteiger partial charge in [0.05, 0.1) is 5.02 Å². The summed E-state index contributed by atoms with van der Waals surface area (Å²) in [6, 6.07) is 13.1. The standard InChI is InChI=1S/C14H13BrClNO/c1-9(17)11-7-6-10(8-12(11)15)18-14-5-3-2-4-13(14)16/h2-9H,17H2,1H3/t9-/m0/s1. The molecule has 0 unspecified atom stereocenters. The van der Waals surface area contributed by atoms with Crippen LogP contribution in [0.5, 0.6) is 11.5 Å². The summed E-state index contributed by atoms with van der Waals surface area (Å²) in [5, 5.41) is 0.588. The minimum atomic E-state index is -0.0197. The SMILES string of the molecule is C[C@H](N)c1ccc(Oc2ccccc2Cl)cc1Br. The molecule has 2 N–H and O–H groups in total. The second-order valence-electron chi connectivity index (χ2n) is 4.00. The largest absolute Gasteiger partial charge is 0.456 e. The summed E-state index contributed by atoms with van der Waals surface area (Å²) < 4.78 is 6.65. The molecule has 94 valence electrons. The van der Waals surface area contributed by atoms with Gasteiger partial charge in [-0.3, -0.25) is 0 Å². The third-order valence-corrected chi connectivity index (χ3v) is 3.53. The van der Waals surface area contributed by atoms with E-state index < -0.39 is 0 Å². The number of ether oxygens (including phenoxy) is 1. The fraction of sp³-hybridized carbons (Fsp3) is 0.143. The van der Waals surface area contributed by atoms with Crippen LogP contribution in [0.2, 0.25) is 5.02 Å². The molecule has 0 amide bonds. The average molecular weight is 327 g/mol. The Morgan fingerprint density at radius 1 is 1.22 bits per heavy atom. The third-order valence-electron chi connectivity index (χ3n) is 2.53. The molecule has 4 heteroatoms. The van der Waals surface area contributed by atoms with E-state index in [0.29, 0.717) is 10.8 Å². The Morgan fingerprint density at radius 2 is 1.94 bits per heavy atom. The number of nitrogens with two attached hydrogens (primary N) is 1. The molecule has 0 fully saturated rings. The Bertz CT molecular complexity index is 557. The van der Waals surface area contributed by atoms with Crippen LogP contribution in [-0.4, -0.2) is 0 Å². The molecule has 0 saturated heterocycles. The van der Waals surface area contributed by atoms with Crippen molar-refractivity contribution in [3.05, 3.63) is 57.5 Å². The molecule has 0 aromatic heterocycles. The van der Waals surface area contributed by atoms with Crippen LogP contribution in [0.3, 0.4) is 0 Å². The van der Waals surface area contributed by atoms with Crippen molar-refractivity contribution in [1.82, 2.24) is 0 Å². The molecule has 2 aromatic carbocycles. The van der Waals surface area contributed by atoms with Crippen molar-refractivity contribution >= 4 is 27.5 Å². The fourth-order valence-electron chi connectivity index (χ4n) is 1.60. The van der Waals surface area contributed by atoms with Gasteiger partial charge in [0.1, 0.15) is 11.5 Å². The first kappa shape index (κ1) is 13.4. The van der Waals surface area contributed by atoms with Gasteiger partial charge in [-0.25, -0.2) is 0 Å². The summed E-state index contributed by atoms with van der Waals surface area (Å²) >= 11 is 9.53. The normalized spacial score (nSPS) is 12.2. The molecule has 0 saturated carbocycles. The maximum Gasteiger partial charge on any atom is 0.146 e. The molecular formula is C14H13BrClNO. The number of para-hydroxylation sites is 1. The molecule has 2 rings (SSSR count). The molecule has 0 aliphatic rings. The van der Waals surface area contributed by atoms with E-state index in [4.69, 9.17) is 22.1 Å². The molecule has 1 atom stereocenters. The monoisotopic (exact) mass is 325 g/mol. The number of hydrogen-bond acceptors (Lipinski definition) is 2. The number of hydrogen-bond donors (Lipinski definition) is 1. The second kappa shape index (κ2) is 5.74. The lowest BCUT2D eigenvalue weighted by atomic mass is 10.1. The summed E-state index contributed by atoms with van der Waals surface area (Å²) in [5.41, 5.74) is 6.89. The van der Waals surface area contributed by atoms with Crippen molar-refractivity contribution in [2.75, 3.05) is 0 Å². The third kappa shape index (κ3) is 3.05. The van der Waals surface area contributed by atoms with Crippen LogP contribution in [0.15, 0.2) is 46.9 Å². The quantitative estimate of drug-likeness (QED) is 0.869. The van der Waals surface area contributed by atoms with Crippen molar-refractivity contribution in [1.29, 1.82) is 0 Å². The first-order valence-corrected chi connectivity index (χ1v) is 6.72. The zero-order valence-corrected chi connectivity index (χ0v) is 12.2. The van der Waals surface area contributed by atoms with Gasteiger partial charge in [0.25, 0.3) is 0 Å². The van der Waals surface area contributed by atoms with Crippen LogP contribution >= 0.6 is 27.5 Å². The van der Waals surface area contributed by atoms with Gasteiger partial charge >= 0.3 is 0 Å². The summed E-state index contributed by atoms with van der Waals surface area (Å²) in [7, 11) is 0. The van der Waals surface area contributed by atoms with Crippen LogP contribution in [0, 0.1) is 0 Å². The van der Waals surface area contributed by atoms with Crippen molar-refractivity contribution < 1.29 is 4.74 Å². The van der Waals surface area contributed by atoms with Gasteiger partial charge < -0.3 is 10.5 Å². The van der Waals surface area contributed by atoms with Crippen molar-refractivity contribution in [3.8, 4) is 11.5 Å². The van der Waals surface area contributed by atoms with E-state index in [1.165, 1.54) is 0 Å². The summed E-state index contributed by atoms with van der Waals surface area (Å²) in [6.45, 7) is 1.94. The van der Waals surface area contributed by atoms with Crippen LogP contribution < -0.4 is 10.5 Å². The molecule has 0 aliphatic carbocycles. The second-order valence-corrected chi connectivity index (χ2v) is 5.27. The van der Waals surface area contributed by atoms with Crippen molar-refractivity contribution in [2.45, 2.75) is 13.0 Å². The van der Waals surface area contributed by atoms with E-state index >= 15 is 0 Å². The smallest absolute Gasteiger partial charge is 0.146 e. The minimum Gasteiger partial charge on any atom is -0.456 e. The lowest BCUT2D eigenvalue weighted by Crippen LogP contribution is -2.05. The molecular weight excluding hydrogens is 314 g/mol. The van der Waals surface area contributed by atoms with E-state index in [1.54, 1.807) is 6.07 Å². The van der Waals surface area contributed by atoms with Crippen LogP contribution in [-0.2, 0) is 0 Å². The van der Waals surface area contributed by atoms with Crippen molar-refractivity contribution in [3.63, 3.8) is 0 Å². The van der Waals surface area contributed by atoms with Crippen LogP contribution in [0.25, 0.3) is 0 Å². The fourth-order valence-corrected chi connectivity index (χ4v) is 2.49. The Balaban J connectivity index is 2.26. The minimum absolute atomic E-state index is 0.0197. The van der Waals surface area contributed by atoms with Gasteiger partial charge in [-0.2, -0.15) is 0 Å². The summed E-state index contributed by atoms with van der Waals surface area (Å²) in [6.07, 6.45) is 0. The van der Waals surface area contributed by atoms with Gasteiger partial charge in [-0.05, 0) is 36.8 Å². The molecule has 0 spiro atoms. The predicted octanol–water partition coefficient (Wildman–Crippen LogP) is 4.91. The molecule has 2 nitrogen and oxygen atoms in total. The van der Waals surface area contributed by atoms with E-state index in [-0.39, 0.29) is 6.04 Å². The lowest BCUT2D eigenvalue weighted by molar-refractivity contribution is 0.482. The average Bonchev–Trinajstić information content (AvgIpc) is 2.32. The van der Waals surface area contributed by atoms with Gasteiger partial charge in [-0.15, -0.1) is 0 Å². The zero-order chi connectivity index (χ0) is 13.1. The highest BCUT2D eigenvalue weighted by atomic mass is 79.9. The molecule has 2 aromatic rings. The van der Waals surface area contributed by atoms with E-state index in [0.717, 1.165) is 15.8 Å². The molecule has 0 radical (unpaired) electrons. The maximum absolute atomic E-state index is 6.04. The van der Waals surface area contributed by atoms with Gasteiger partial charge in [0.15, 0.2) is 0 Å². The summed E-state index contributed by atoms with van der Waals surface area (Å²) in [4.78, 5) is 0. The zero-order valence-electron chi connectivity index (χ0n) is 9.86. The highest BCUT2D eigenvalue weighted by Crippen LogP contribution is 2.32. The first-order chi connectivity index (χ1) is 8.58. The molecule has 18 heavy (non-hydrogen) atoms. The topological polar surface area (TPSA) is 35.2 Å². The van der Waals surface area contributed by atoms with Gasteiger partial charge in [-0.1, -0.05) is 45.7 Å². The maximum atomic E-state index is 6.04. The Kier molecular flexibility index (Phi) is 4.27. The van der Waals surface area contributed by atoms with Crippen LogP contribution in [0.1, 0.15) is 18.5 Å². The van der Waals surface area contributed by atoms with Gasteiger partial charge in [0, 0.05) is 10.5 Å². The highest BCUT2D eigenvalue weighted by molar-refractivity contribution is 9.10. The number of halogens is 2. The molecule has 0 aliphatic heterocycles. The van der Waals surface area contributed by atoms with Crippen LogP contribution in [0.4, 0.5) is 0 Å². The Labute approximate surface area is 120 Å². The Hall–Kier alpha value is -1.03. The summed E-state index contributed by atoms with van der Waals surface area (Å²) in [5.74, 6) is 1.36.